The van der Waals surface area contributed by atoms with Crippen LogP contribution in [-0.2, 0) is 29.0 Å². The minimum absolute atomic E-state index is 0.0684. The van der Waals surface area contributed by atoms with Gasteiger partial charge in [0.1, 0.15) is 24.1 Å². The standard InChI is InChI=1S/C45H41F2N7O5/c1-57-16-15-53-41-19-32(44(55)56)11-14-40(41)50-42(53)20-30-9-10-31(18-38(30)47)39-3-2-4-43(51-39)59-25-33-8-7-28(17-37(33)46)5-6-29-21-48-45(49-22-29)52-23-34-12-13-35(24-52)54(34)36-26-58-27-36/h2-4,7-11,14,17-19,21-22,34-36H,12-13,15-16,20,23-27H2,1H3,(H,55,56). The molecule has 0 amide bonds. The number of pyridine rings is 1. The SMILES string of the molecule is COCCn1c(Cc2ccc(-c3cccc(OCc4ccc(C#Cc5cnc(N6CC7CCC(C6)N7C6COC6)nc5)cc4F)n3)cc2F)nc2ccc(C(=O)O)cc21. The van der Waals surface area contributed by atoms with Gasteiger partial charge in [0.05, 0.1) is 53.7 Å². The van der Waals surface area contributed by atoms with Gasteiger partial charge in [-0.05, 0) is 60.9 Å². The molecule has 2 unspecified atom stereocenters. The lowest BCUT2D eigenvalue weighted by molar-refractivity contribution is -0.0851. The van der Waals surface area contributed by atoms with Gasteiger partial charge in [0.25, 0.3) is 0 Å². The second-order valence-corrected chi connectivity index (χ2v) is 15.1. The molecule has 0 radical (unpaired) electrons. The lowest BCUT2D eigenvalue weighted by Gasteiger charge is -2.47. The van der Waals surface area contributed by atoms with E-state index in [9.17, 15) is 9.90 Å². The number of benzene rings is 3. The van der Waals surface area contributed by atoms with Gasteiger partial charge in [-0.2, -0.15) is 0 Å². The van der Waals surface area contributed by atoms with Crippen molar-refractivity contribution in [1.82, 2.24) is 29.4 Å². The fraction of sp³-hybridized carbons (Fsp3) is 0.311. The van der Waals surface area contributed by atoms with Crippen molar-refractivity contribution in [3.63, 3.8) is 0 Å². The minimum Gasteiger partial charge on any atom is -0.478 e. The van der Waals surface area contributed by atoms with E-state index in [-0.39, 0.29) is 24.5 Å². The Labute approximate surface area is 339 Å². The number of anilines is 1. The summed E-state index contributed by atoms with van der Waals surface area (Å²) < 4.78 is 49.3. The molecule has 0 spiro atoms. The van der Waals surface area contributed by atoms with Crippen LogP contribution in [0, 0.1) is 23.5 Å². The smallest absolute Gasteiger partial charge is 0.335 e. The number of aromatic nitrogens is 5. The maximum absolute atomic E-state index is 15.6. The van der Waals surface area contributed by atoms with Crippen LogP contribution in [-0.4, -0.2) is 98.6 Å². The molecule has 3 saturated heterocycles. The van der Waals surface area contributed by atoms with Crippen LogP contribution >= 0.6 is 0 Å². The van der Waals surface area contributed by atoms with Gasteiger partial charge in [-0.15, -0.1) is 0 Å². The highest BCUT2D eigenvalue weighted by atomic mass is 19.1. The first-order valence-corrected chi connectivity index (χ1v) is 19.6. The fourth-order valence-corrected chi connectivity index (χ4v) is 8.23. The van der Waals surface area contributed by atoms with Crippen molar-refractivity contribution < 1.29 is 32.9 Å². The van der Waals surface area contributed by atoms with Crippen LogP contribution in [0.5, 0.6) is 5.88 Å². The average Bonchev–Trinajstić information content (AvgIpc) is 3.68. The first kappa shape index (κ1) is 38.3. The van der Waals surface area contributed by atoms with E-state index >= 15 is 8.78 Å². The number of hydrogen-bond donors (Lipinski definition) is 1. The van der Waals surface area contributed by atoms with Crippen molar-refractivity contribution in [2.45, 2.75) is 50.5 Å². The van der Waals surface area contributed by atoms with Crippen molar-refractivity contribution >= 4 is 23.0 Å². The zero-order chi connectivity index (χ0) is 40.5. The molecule has 3 aliphatic rings. The lowest BCUT2D eigenvalue weighted by atomic mass is 10.1. The molecule has 0 aliphatic carbocycles. The predicted molar refractivity (Wildman–Crippen MR) is 215 cm³/mol. The number of methoxy groups -OCH3 is 1. The van der Waals surface area contributed by atoms with Gasteiger partial charge in [0.2, 0.25) is 11.8 Å². The molecule has 3 aromatic carbocycles. The van der Waals surface area contributed by atoms with E-state index in [4.69, 9.17) is 14.2 Å². The van der Waals surface area contributed by atoms with E-state index in [2.05, 4.69) is 41.6 Å². The topological polar surface area (TPSA) is 128 Å². The minimum atomic E-state index is -1.04. The molecule has 3 fully saturated rings. The average molecular weight is 798 g/mol. The molecule has 14 heteroatoms. The van der Waals surface area contributed by atoms with E-state index < -0.39 is 17.6 Å². The van der Waals surface area contributed by atoms with Crippen molar-refractivity contribution in [2.75, 3.05) is 44.9 Å². The molecule has 6 heterocycles. The zero-order valence-corrected chi connectivity index (χ0v) is 32.4. The van der Waals surface area contributed by atoms with Crippen LogP contribution in [0.3, 0.4) is 0 Å². The van der Waals surface area contributed by atoms with Crippen molar-refractivity contribution in [3.05, 3.63) is 130 Å². The van der Waals surface area contributed by atoms with Gasteiger partial charge in [-0.3, -0.25) is 4.90 Å². The fourth-order valence-electron chi connectivity index (χ4n) is 8.23. The molecule has 3 aliphatic heterocycles. The van der Waals surface area contributed by atoms with Crippen molar-refractivity contribution in [1.29, 1.82) is 0 Å². The van der Waals surface area contributed by atoms with Crippen LogP contribution in [0.15, 0.2) is 85.2 Å². The van der Waals surface area contributed by atoms with E-state index in [1.165, 1.54) is 31.0 Å². The number of nitrogens with zero attached hydrogens (tertiary/aromatic N) is 7. The number of halogens is 2. The van der Waals surface area contributed by atoms with Crippen LogP contribution in [0.1, 0.15) is 51.3 Å². The Kier molecular flexibility index (Phi) is 10.7. The van der Waals surface area contributed by atoms with Crippen molar-refractivity contribution in [2.24, 2.45) is 0 Å². The van der Waals surface area contributed by atoms with Crippen LogP contribution in [0.25, 0.3) is 22.3 Å². The van der Waals surface area contributed by atoms with Gasteiger partial charge in [0, 0.05) is 80.4 Å². The Morgan fingerprint density at radius 2 is 1.64 bits per heavy atom. The quantitative estimate of drug-likeness (QED) is 0.144. The van der Waals surface area contributed by atoms with E-state index in [0.29, 0.717) is 87.6 Å². The number of fused-ring (bicyclic) bond motifs is 3. The number of carboxylic acids is 1. The number of hydrogen-bond acceptors (Lipinski definition) is 10. The summed E-state index contributed by atoms with van der Waals surface area (Å²) in [5.41, 5.74) is 4.31. The summed E-state index contributed by atoms with van der Waals surface area (Å²) in [6.07, 6.45) is 6.00. The maximum Gasteiger partial charge on any atom is 0.335 e. The highest BCUT2D eigenvalue weighted by Gasteiger charge is 2.45. The van der Waals surface area contributed by atoms with E-state index in [1.807, 2.05) is 4.57 Å². The lowest BCUT2D eigenvalue weighted by Crippen LogP contribution is -2.62. The molecule has 59 heavy (non-hydrogen) atoms. The Bertz CT molecular complexity index is 2570. The second kappa shape index (κ2) is 16.5. The van der Waals surface area contributed by atoms with E-state index in [0.717, 1.165) is 26.3 Å². The highest BCUT2D eigenvalue weighted by Crippen LogP contribution is 2.35. The summed E-state index contributed by atoms with van der Waals surface area (Å²) in [7, 11) is 1.58. The Morgan fingerprint density at radius 1 is 0.881 bits per heavy atom. The highest BCUT2D eigenvalue weighted by molar-refractivity contribution is 5.92. The first-order valence-electron chi connectivity index (χ1n) is 19.6. The summed E-state index contributed by atoms with van der Waals surface area (Å²) >= 11 is 0. The first-order chi connectivity index (χ1) is 28.8. The molecule has 12 nitrogen and oxygen atoms in total. The monoisotopic (exact) mass is 797 g/mol. The summed E-state index contributed by atoms with van der Waals surface area (Å²) in [6.45, 7) is 4.21. The number of ether oxygens (including phenoxy) is 3. The molecular formula is C45H41F2N7O5. The van der Waals surface area contributed by atoms with Crippen molar-refractivity contribution in [3.8, 4) is 29.0 Å². The van der Waals surface area contributed by atoms with E-state index in [1.54, 1.807) is 74.1 Å². The van der Waals surface area contributed by atoms with Gasteiger partial charge < -0.3 is 28.8 Å². The predicted octanol–water partition coefficient (Wildman–Crippen LogP) is 6.13. The summed E-state index contributed by atoms with van der Waals surface area (Å²) in [5, 5.41) is 9.49. The Balaban J connectivity index is 0.820. The normalized spacial score (nSPS) is 17.8. The number of carboxylic acid groups (broad SMARTS) is 1. The molecule has 1 N–H and O–H groups in total. The molecular weight excluding hydrogens is 757 g/mol. The molecule has 2 atom stereocenters. The summed E-state index contributed by atoms with van der Waals surface area (Å²) in [5.74, 6) is 5.66. The molecule has 300 valence electrons. The maximum atomic E-state index is 15.6. The molecule has 0 saturated carbocycles. The molecule has 6 aromatic rings. The Hall–Kier alpha value is -6.27. The number of imidazole rings is 1. The number of piperazine rings is 1. The third-order valence-corrected chi connectivity index (χ3v) is 11.3. The molecule has 9 rings (SSSR count). The number of aromatic carboxylic acids is 1. The summed E-state index contributed by atoms with van der Waals surface area (Å²) in [6, 6.07) is 21.0. The summed E-state index contributed by atoms with van der Waals surface area (Å²) in [4.78, 5) is 35.0. The van der Waals surface area contributed by atoms with Gasteiger partial charge in [0.15, 0.2) is 0 Å². The second-order valence-electron chi connectivity index (χ2n) is 15.1. The third kappa shape index (κ3) is 8.09. The largest absolute Gasteiger partial charge is 0.478 e. The van der Waals surface area contributed by atoms with Gasteiger partial charge in [-0.1, -0.05) is 36.1 Å². The van der Waals surface area contributed by atoms with Crippen LogP contribution < -0.4 is 9.64 Å². The zero-order valence-electron chi connectivity index (χ0n) is 32.4. The number of carbonyl (C=O) groups is 1. The van der Waals surface area contributed by atoms with Crippen LogP contribution in [0.2, 0.25) is 0 Å². The number of rotatable bonds is 12. The molecule has 2 bridgehead atoms. The third-order valence-electron chi connectivity index (χ3n) is 11.3. The van der Waals surface area contributed by atoms with Gasteiger partial charge >= 0.3 is 5.97 Å². The van der Waals surface area contributed by atoms with Gasteiger partial charge in [-0.25, -0.2) is 33.5 Å². The van der Waals surface area contributed by atoms with Crippen LogP contribution in [0.4, 0.5) is 14.7 Å². The molecule has 3 aromatic heterocycles. The Morgan fingerprint density at radius 3 is 2.36 bits per heavy atom.